The Bertz CT molecular complexity index is 1050. The number of carbonyl (C=O) groups is 2. The molecule has 0 radical (unpaired) electrons. The van der Waals surface area contributed by atoms with Crippen LogP contribution in [-0.2, 0) is 15.0 Å². The molecule has 8 nitrogen and oxygen atoms in total. The number of nitrogens with one attached hydrogen (secondary N) is 2. The molecule has 170 valence electrons. The van der Waals surface area contributed by atoms with E-state index in [2.05, 4.69) is 20.8 Å². The zero-order valence-electron chi connectivity index (χ0n) is 16.2. The van der Waals surface area contributed by atoms with Crippen molar-refractivity contribution in [2.45, 2.75) is 24.1 Å². The first-order chi connectivity index (χ1) is 15.1. The third-order valence-electron chi connectivity index (χ3n) is 5.51. The number of nitrogens with zero attached hydrogens (tertiary/aromatic N) is 3. The number of hydrogen-bond acceptors (Lipinski definition) is 6. The SMILES string of the molecule is O=C(NC1CONC1=O)c1cnc(N2CCC(c3ccc(Cl)c(Cl)c3)(C(F)(F)F)C2)nc1. The van der Waals surface area contributed by atoms with Crippen LogP contribution in [0, 0.1) is 0 Å². The van der Waals surface area contributed by atoms with E-state index in [-0.39, 0.29) is 46.7 Å². The molecular weight excluding hydrogens is 474 g/mol. The molecule has 4 rings (SSSR count). The average Bonchev–Trinajstić information content (AvgIpc) is 3.38. The molecule has 0 spiro atoms. The first kappa shape index (κ1) is 22.6. The third-order valence-corrected chi connectivity index (χ3v) is 6.25. The fourth-order valence-corrected chi connectivity index (χ4v) is 4.00. The largest absolute Gasteiger partial charge is 0.400 e. The summed E-state index contributed by atoms with van der Waals surface area (Å²) in [5.41, 5.74) is 0.00722. The van der Waals surface area contributed by atoms with E-state index in [1.807, 2.05) is 0 Å². The molecule has 3 heterocycles. The summed E-state index contributed by atoms with van der Waals surface area (Å²) in [6.07, 6.45) is -2.39. The van der Waals surface area contributed by atoms with E-state index >= 15 is 0 Å². The predicted molar refractivity (Wildman–Crippen MR) is 108 cm³/mol. The van der Waals surface area contributed by atoms with Crippen LogP contribution < -0.4 is 15.7 Å². The summed E-state index contributed by atoms with van der Waals surface area (Å²) in [7, 11) is 0. The van der Waals surface area contributed by atoms with Crippen LogP contribution in [0.15, 0.2) is 30.6 Å². The second-order valence-corrected chi connectivity index (χ2v) is 8.27. The van der Waals surface area contributed by atoms with E-state index in [9.17, 15) is 22.8 Å². The van der Waals surface area contributed by atoms with Gasteiger partial charge in [0.25, 0.3) is 11.8 Å². The van der Waals surface area contributed by atoms with Crippen LogP contribution >= 0.6 is 23.2 Å². The van der Waals surface area contributed by atoms with Crippen LogP contribution in [0.3, 0.4) is 0 Å². The van der Waals surface area contributed by atoms with Crippen molar-refractivity contribution >= 4 is 41.0 Å². The van der Waals surface area contributed by atoms with Gasteiger partial charge in [0.2, 0.25) is 5.95 Å². The molecule has 0 saturated carbocycles. The average molecular weight is 490 g/mol. The molecule has 2 aliphatic heterocycles. The summed E-state index contributed by atoms with van der Waals surface area (Å²) >= 11 is 11.8. The van der Waals surface area contributed by atoms with Crippen molar-refractivity contribution in [2.24, 2.45) is 0 Å². The number of benzene rings is 1. The standard InChI is InChI=1S/C19H16Cl2F3N5O3/c20-12-2-1-11(5-13(12)21)18(19(22,23)24)3-4-29(9-18)17-25-6-10(7-26-17)15(30)27-14-8-32-28-16(14)31/h1-2,5-7,14H,3-4,8-9H2,(H,27,30)(H,28,31). The maximum absolute atomic E-state index is 14.2. The number of carbonyl (C=O) groups excluding carboxylic acids is 2. The molecule has 2 saturated heterocycles. The summed E-state index contributed by atoms with van der Waals surface area (Å²) in [5, 5.41) is 2.67. The van der Waals surface area contributed by atoms with Crippen molar-refractivity contribution in [3.8, 4) is 0 Å². The molecule has 2 aliphatic rings. The van der Waals surface area contributed by atoms with E-state index in [4.69, 9.17) is 28.0 Å². The fourth-order valence-electron chi connectivity index (χ4n) is 3.70. The highest BCUT2D eigenvalue weighted by molar-refractivity contribution is 6.42. The number of alkyl halides is 3. The Morgan fingerprint density at radius 1 is 1.25 bits per heavy atom. The van der Waals surface area contributed by atoms with Gasteiger partial charge in [-0.15, -0.1) is 0 Å². The smallest absolute Gasteiger partial charge is 0.340 e. The van der Waals surface area contributed by atoms with Crippen LogP contribution in [0.2, 0.25) is 10.0 Å². The lowest BCUT2D eigenvalue weighted by molar-refractivity contribution is -0.184. The van der Waals surface area contributed by atoms with E-state index in [1.165, 1.54) is 35.5 Å². The zero-order chi connectivity index (χ0) is 23.1. The summed E-state index contributed by atoms with van der Waals surface area (Å²) in [6, 6.07) is 3.05. The maximum atomic E-state index is 14.2. The number of halogens is 5. The molecule has 13 heteroatoms. The Morgan fingerprint density at radius 2 is 1.97 bits per heavy atom. The topological polar surface area (TPSA) is 96.5 Å². The van der Waals surface area contributed by atoms with Crippen molar-refractivity contribution in [1.29, 1.82) is 0 Å². The molecule has 2 fully saturated rings. The van der Waals surface area contributed by atoms with E-state index in [1.54, 1.807) is 0 Å². The molecule has 1 aromatic carbocycles. The lowest BCUT2D eigenvalue weighted by Gasteiger charge is -2.32. The minimum absolute atomic E-state index is 0.00922. The highest BCUT2D eigenvalue weighted by Crippen LogP contribution is 2.49. The van der Waals surface area contributed by atoms with Crippen molar-refractivity contribution in [2.75, 3.05) is 24.6 Å². The number of rotatable bonds is 4. The van der Waals surface area contributed by atoms with Gasteiger partial charge in [0.05, 0.1) is 15.6 Å². The monoisotopic (exact) mass is 489 g/mol. The van der Waals surface area contributed by atoms with Gasteiger partial charge in [0, 0.05) is 25.5 Å². The van der Waals surface area contributed by atoms with Crippen LogP contribution in [0.5, 0.6) is 0 Å². The highest BCUT2D eigenvalue weighted by Gasteiger charge is 2.59. The molecule has 32 heavy (non-hydrogen) atoms. The van der Waals surface area contributed by atoms with Crippen molar-refractivity contribution in [1.82, 2.24) is 20.8 Å². The maximum Gasteiger partial charge on any atom is 0.400 e. The lowest BCUT2D eigenvalue weighted by Crippen LogP contribution is -2.45. The fraction of sp³-hybridized carbons (Fsp3) is 0.368. The number of hydroxylamine groups is 1. The van der Waals surface area contributed by atoms with Crippen LogP contribution in [0.25, 0.3) is 0 Å². The van der Waals surface area contributed by atoms with Crippen molar-refractivity contribution in [3.63, 3.8) is 0 Å². The van der Waals surface area contributed by atoms with E-state index in [0.717, 1.165) is 0 Å². The third kappa shape index (κ3) is 4.07. The van der Waals surface area contributed by atoms with Gasteiger partial charge in [0.1, 0.15) is 18.1 Å². The molecule has 1 aromatic heterocycles. The van der Waals surface area contributed by atoms with Crippen LogP contribution in [-0.4, -0.2) is 53.7 Å². The van der Waals surface area contributed by atoms with Crippen LogP contribution in [0.1, 0.15) is 22.3 Å². The molecule has 2 amide bonds. The molecule has 0 aliphatic carbocycles. The Balaban J connectivity index is 1.53. The number of amides is 2. The number of aromatic nitrogens is 2. The van der Waals surface area contributed by atoms with Gasteiger partial charge in [-0.2, -0.15) is 13.2 Å². The van der Waals surface area contributed by atoms with Gasteiger partial charge in [-0.3, -0.25) is 14.4 Å². The van der Waals surface area contributed by atoms with Crippen LogP contribution in [0.4, 0.5) is 19.1 Å². The zero-order valence-corrected chi connectivity index (χ0v) is 17.8. The first-order valence-corrected chi connectivity index (χ1v) is 10.2. The molecule has 0 bridgehead atoms. The number of anilines is 1. The Hall–Kier alpha value is -2.63. The van der Waals surface area contributed by atoms with E-state index < -0.39 is 36.0 Å². The van der Waals surface area contributed by atoms with Gasteiger partial charge in [-0.1, -0.05) is 29.3 Å². The van der Waals surface area contributed by atoms with E-state index in [0.29, 0.717) is 0 Å². The highest BCUT2D eigenvalue weighted by atomic mass is 35.5. The van der Waals surface area contributed by atoms with Crippen molar-refractivity contribution < 1.29 is 27.6 Å². The normalized spacial score (nSPS) is 23.3. The molecule has 2 atom stereocenters. The quantitative estimate of drug-likeness (QED) is 0.685. The predicted octanol–water partition coefficient (Wildman–Crippen LogP) is 2.65. The number of hydrogen-bond donors (Lipinski definition) is 2. The second-order valence-electron chi connectivity index (χ2n) is 7.46. The lowest BCUT2D eigenvalue weighted by atomic mass is 9.79. The van der Waals surface area contributed by atoms with Gasteiger partial charge in [-0.05, 0) is 24.1 Å². The second kappa shape index (κ2) is 8.38. The van der Waals surface area contributed by atoms with Crippen molar-refractivity contribution in [3.05, 3.63) is 51.8 Å². The minimum atomic E-state index is -4.55. The van der Waals surface area contributed by atoms with Gasteiger partial charge in [-0.25, -0.2) is 15.4 Å². The molecular formula is C19H16Cl2F3N5O3. The first-order valence-electron chi connectivity index (χ1n) is 9.42. The summed E-state index contributed by atoms with van der Waals surface area (Å²) in [6.45, 7) is -0.393. The molecule has 2 aromatic rings. The van der Waals surface area contributed by atoms with Gasteiger partial charge < -0.3 is 10.2 Å². The van der Waals surface area contributed by atoms with Gasteiger partial charge >= 0.3 is 6.18 Å². The summed E-state index contributed by atoms with van der Waals surface area (Å²) < 4.78 is 42.5. The minimum Gasteiger partial charge on any atom is -0.340 e. The Morgan fingerprint density at radius 3 is 2.56 bits per heavy atom. The molecule has 2 N–H and O–H groups in total. The summed E-state index contributed by atoms with van der Waals surface area (Å²) in [4.78, 5) is 38.0. The molecule has 2 unspecified atom stereocenters. The Labute approximate surface area is 190 Å². The summed E-state index contributed by atoms with van der Waals surface area (Å²) in [5.74, 6) is -1.04. The van der Waals surface area contributed by atoms with Gasteiger partial charge in [0.15, 0.2) is 0 Å². The Kier molecular flexibility index (Phi) is 5.91.